The molecule has 10 nitrogen and oxygen atoms in total. The first-order valence-electron chi connectivity index (χ1n) is 11.5. The molecular weight excluding hydrogens is 436 g/mol. The molecule has 178 valence electrons. The molecule has 1 amide bonds. The number of carbonyl (C=O) groups excluding carboxylic acids is 1. The average Bonchev–Trinajstić information content (AvgIpc) is 3.55. The molecule has 0 aliphatic carbocycles. The number of nitrogens with zero attached hydrogens (tertiary/aromatic N) is 5. The van der Waals surface area contributed by atoms with E-state index in [1.165, 1.54) is 19.0 Å². The van der Waals surface area contributed by atoms with Crippen molar-refractivity contribution in [2.45, 2.75) is 25.5 Å². The smallest absolute Gasteiger partial charge is 0.281 e. The summed E-state index contributed by atoms with van der Waals surface area (Å²) in [6, 6.07) is 7.09. The molecule has 1 saturated heterocycles. The number of methoxy groups -OCH3 is 1. The predicted octanol–water partition coefficient (Wildman–Crippen LogP) is 1.44. The van der Waals surface area contributed by atoms with E-state index in [1.54, 1.807) is 25.4 Å². The summed E-state index contributed by atoms with van der Waals surface area (Å²) in [7, 11) is 1.55. The van der Waals surface area contributed by atoms with Crippen molar-refractivity contribution in [2.24, 2.45) is 4.99 Å². The maximum absolute atomic E-state index is 12.7. The molecule has 0 unspecified atom stereocenters. The summed E-state index contributed by atoms with van der Waals surface area (Å²) in [6.07, 6.45) is 4.83. The Morgan fingerprint density at radius 1 is 1.26 bits per heavy atom. The van der Waals surface area contributed by atoms with Gasteiger partial charge in [0.1, 0.15) is 24.0 Å². The molecule has 1 aromatic carbocycles. The number of fused-ring (bicyclic) bond motifs is 3. The normalized spacial score (nSPS) is 16.9. The fourth-order valence-electron chi connectivity index (χ4n) is 4.49. The van der Waals surface area contributed by atoms with Gasteiger partial charge in [-0.15, -0.1) is 0 Å². The Labute approximate surface area is 196 Å². The van der Waals surface area contributed by atoms with E-state index < -0.39 is 12.0 Å². The van der Waals surface area contributed by atoms with Crippen molar-refractivity contribution in [2.75, 3.05) is 45.2 Å². The standard InChI is InChI=1S/C24H28N6O4/c1-33-21-19(34-15-17(31)14-29-10-2-3-11-29)7-6-18-20(21)27-24(30-12-9-26-22(18)30)28-23(32)16-5-4-8-25-13-16/h4-8,13,17,26,31H,2-3,9-12,14-15H2,1H3/t17-/m0/s1. The minimum absolute atomic E-state index is 0.146. The van der Waals surface area contributed by atoms with Gasteiger partial charge < -0.3 is 24.8 Å². The minimum Gasteiger partial charge on any atom is -0.491 e. The monoisotopic (exact) mass is 464 g/mol. The van der Waals surface area contributed by atoms with Crippen molar-refractivity contribution in [3.8, 4) is 11.5 Å². The van der Waals surface area contributed by atoms with Crippen molar-refractivity contribution >= 4 is 22.6 Å². The number of likely N-dealkylation sites (tertiary alicyclic amines) is 1. The number of nitrogens with one attached hydrogen (secondary N) is 1. The van der Waals surface area contributed by atoms with E-state index in [9.17, 15) is 9.90 Å². The van der Waals surface area contributed by atoms with Gasteiger partial charge in [-0.3, -0.25) is 14.3 Å². The first-order valence-corrected chi connectivity index (χ1v) is 11.5. The predicted molar refractivity (Wildman–Crippen MR) is 126 cm³/mol. The third-order valence-electron chi connectivity index (χ3n) is 6.11. The Morgan fingerprint density at radius 3 is 2.88 bits per heavy atom. The Kier molecular flexibility index (Phi) is 6.41. The highest BCUT2D eigenvalue weighted by Crippen LogP contribution is 2.37. The SMILES string of the molecule is COc1c(OC[C@@H](O)CN2CCCC2)ccc2c3n(c(=NC(=O)c4cccnc4)nc12)CCN3. The van der Waals surface area contributed by atoms with E-state index in [-0.39, 0.29) is 12.2 Å². The Balaban J connectivity index is 1.49. The number of amides is 1. The van der Waals surface area contributed by atoms with Gasteiger partial charge in [-0.1, -0.05) is 0 Å². The largest absolute Gasteiger partial charge is 0.491 e. The third kappa shape index (κ3) is 4.46. The number of β-amino-alcohol motifs (C(OH)–C–C–N with tert-alkyl or cyclic N) is 1. The molecule has 0 saturated carbocycles. The molecule has 0 bridgehead atoms. The molecule has 1 atom stereocenters. The van der Waals surface area contributed by atoms with Gasteiger partial charge in [0.2, 0.25) is 5.62 Å². The van der Waals surface area contributed by atoms with Crippen LogP contribution >= 0.6 is 0 Å². The molecule has 1 fully saturated rings. The van der Waals surface area contributed by atoms with E-state index in [2.05, 4.69) is 20.2 Å². The topological polar surface area (TPSA) is 114 Å². The summed E-state index contributed by atoms with van der Waals surface area (Å²) in [5.74, 6) is 1.32. The molecular formula is C24H28N6O4. The molecule has 5 rings (SSSR count). The second-order valence-electron chi connectivity index (χ2n) is 8.46. The zero-order valence-corrected chi connectivity index (χ0v) is 19.1. The van der Waals surface area contributed by atoms with E-state index >= 15 is 0 Å². The van der Waals surface area contributed by atoms with Gasteiger partial charge >= 0.3 is 0 Å². The van der Waals surface area contributed by atoms with Gasteiger partial charge in [0.25, 0.3) is 5.91 Å². The number of aliphatic hydroxyl groups is 1. The van der Waals surface area contributed by atoms with Gasteiger partial charge in [-0.2, -0.15) is 4.99 Å². The number of aromatic nitrogens is 3. The zero-order chi connectivity index (χ0) is 23.5. The second kappa shape index (κ2) is 9.78. The van der Waals surface area contributed by atoms with Crippen molar-refractivity contribution < 1.29 is 19.4 Å². The van der Waals surface area contributed by atoms with Crippen LogP contribution in [0.25, 0.3) is 10.9 Å². The van der Waals surface area contributed by atoms with Gasteiger partial charge in [0, 0.05) is 37.4 Å². The van der Waals surface area contributed by atoms with E-state index in [4.69, 9.17) is 14.5 Å². The van der Waals surface area contributed by atoms with E-state index in [1.807, 2.05) is 16.7 Å². The Morgan fingerprint density at radius 2 is 2.12 bits per heavy atom. The second-order valence-corrected chi connectivity index (χ2v) is 8.46. The highest BCUT2D eigenvalue weighted by atomic mass is 16.5. The number of anilines is 1. The fraction of sp³-hybridized carbons (Fsp3) is 0.417. The van der Waals surface area contributed by atoms with Crippen LogP contribution in [0.15, 0.2) is 41.7 Å². The molecule has 0 spiro atoms. The molecule has 10 heteroatoms. The minimum atomic E-state index is -0.605. The van der Waals surface area contributed by atoms with Gasteiger partial charge in [0.05, 0.1) is 12.7 Å². The number of hydrogen-bond acceptors (Lipinski definition) is 8. The number of rotatable bonds is 7. The molecule has 0 radical (unpaired) electrons. The molecule has 2 aliphatic rings. The number of ether oxygens (including phenoxy) is 2. The van der Waals surface area contributed by atoms with Crippen LogP contribution in [0, 0.1) is 0 Å². The first kappa shape index (κ1) is 22.3. The van der Waals surface area contributed by atoms with Crippen LogP contribution in [0.2, 0.25) is 0 Å². The summed E-state index contributed by atoms with van der Waals surface area (Å²) in [5.41, 5.74) is 1.21. The summed E-state index contributed by atoms with van der Waals surface area (Å²) >= 11 is 0. The highest BCUT2D eigenvalue weighted by molar-refractivity contribution is 5.96. The van der Waals surface area contributed by atoms with Gasteiger partial charge in [0.15, 0.2) is 11.5 Å². The number of benzene rings is 1. The molecule has 34 heavy (non-hydrogen) atoms. The van der Waals surface area contributed by atoms with Crippen LogP contribution in [-0.4, -0.2) is 76.4 Å². The first-order chi connectivity index (χ1) is 16.6. The van der Waals surface area contributed by atoms with Crippen LogP contribution in [0.1, 0.15) is 23.2 Å². The lowest BCUT2D eigenvalue weighted by molar-refractivity contribution is 0.0748. The van der Waals surface area contributed by atoms with Gasteiger partial charge in [-0.05, 0) is 50.2 Å². The third-order valence-corrected chi connectivity index (χ3v) is 6.11. The van der Waals surface area contributed by atoms with Crippen molar-refractivity contribution in [1.82, 2.24) is 19.4 Å². The number of carbonyl (C=O) groups is 1. The molecule has 2 N–H and O–H groups in total. The maximum Gasteiger partial charge on any atom is 0.281 e. The lowest BCUT2D eigenvalue weighted by Crippen LogP contribution is -2.33. The fourth-order valence-corrected chi connectivity index (χ4v) is 4.49. The summed E-state index contributed by atoms with van der Waals surface area (Å²) in [4.78, 5) is 27.9. The highest BCUT2D eigenvalue weighted by Gasteiger charge is 2.22. The van der Waals surface area contributed by atoms with E-state index in [0.717, 1.165) is 24.3 Å². The lowest BCUT2D eigenvalue weighted by Gasteiger charge is -2.20. The summed E-state index contributed by atoms with van der Waals surface area (Å²) < 4.78 is 13.5. The van der Waals surface area contributed by atoms with Crippen LogP contribution in [-0.2, 0) is 6.54 Å². The quantitative estimate of drug-likeness (QED) is 0.540. The Hall–Kier alpha value is -3.50. The Bertz CT molecular complexity index is 1250. The number of aliphatic hydroxyl groups excluding tert-OH is 1. The van der Waals surface area contributed by atoms with Crippen LogP contribution in [0.5, 0.6) is 11.5 Å². The van der Waals surface area contributed by atoms with Crippen molar-refractivity contribution in [3.05, 3.63) is 47.8 Å². The lowest BCUT2D eigenvalue weighted by atomic mass is 10.2. The summed E-state index contributed by atoms with van der Waals surface area (Å²) in [5, 5.41) is 14.6. The van der Waals surface area contributed by atoms with Crippen LogP contribution in [0.3, 0.4) is 0 Å². The molecule has 4 heterocycles. The molecule has 2 aliphatic heterocycles. The van der Waals surface area contributed by atoms with E-state index in [0.29, 0.717) is 42.2 Å². The number of pyridine rings is 1. The molecule has 2 aromatic heterocycles. The van der Waals surface area contributed by atoms with Crippen LogP contribution in [0.4, 0.5) is 5.82 Å². The van der Waals surface area contributed by atoms with Crippen LogP contribution < -0.4 is 20.4 Å². The van der Waals surface area contributed by atoms with Gasteiger partial charge in [-0.25, -0.2) is 4.98 Å². The summed E-state index contributed by atoms with van der Waals surface area (Å²) in [6.45, 7) is 4.10. The maximum atomic E-state index is 12.7. The molecule has 3 aromatic rings. The van der Waals surface area contributed by atoms with Crippen molar-refractivity contribution in [3.63, 3.8) is 0 Å². The average molecular weight is 465 g/mol. The zero-order valence-electron chi connectivity index (χ0n) is 19.1. The van der Waals surface area contributed by atoms with Crippen molar-refractivity contribution in [1.29, 1.82) is 0 Å². The number of hydrogen-bond donors (Lipinski definition) is 2.